The van der Waals surface area contributed by atoms with Gasteiger partial charge in [0.2, 0.25) is 5.60 Å². The van der Waals surface area contributed by atoms with Gasteiger partial charge >= 0.3 is 18.2 Å². The van der Waals surface area contributed by atoms with E-state index in [-0.39, 0.29) is 11.8 Å². The molecule has 4 fully saturated rings. The van der Waals surface area contributed by atoms with Gasteiger partial charge in [-0.05, 0) is 44.1 Å². The number of carboxylic acids is 1. The van der Waals surface area contributed by atoms with Crippen LogP contribution in [0.15, 0.2) is 18.2 Å². The number of rotatable bonds is 1. The number of amides is 2. The maximum absolute atomic E-state index is 13.0. The van der Waals surface area contributed by atoms with Gasteiger partial charge in [-0.25, -0.2) is 14.5 Å². The number of nitrogens with zero attached hydrogens (tertiary/aromatic N) is 2. The van der Waals surface area contributed by atoms with E-state index in [2.05, 4.69) is 4.90 Å². The van der Waals surface area contributed by atoms with Gasteiger partial charge in [-0.15, -0.1) is 0 Å². The molecule has 4 saturated heterocycles. The Bertz CT molecular complexity index is 838. The summed E-state index contributed by atoms with van der Waals surface area (Å²) < 4.78 is 37.3. The number of fused-ring (bicyclic) bond motifs is 2. The fourth-order valence-corrected chi connectivity index (χ4v) is 4.30. The van der Waals surface area contributed by atoms with Gasteiger partial charge < -0.3 is 9.84 Å². The Morgan fingerprint density at radius 2 is 1.66 bits per heavy atom. The Balaban J connectivity index is 0.000000298. The van der Waals surface area contributed by atoms with Crippen LogP contribution in [0.25, 0.3) is 0 Å². The molecule has 0 radical (unpaired) electrons. The van der Waals surface area contributed by atoms with Crippen molar-refractivity contribution in [1.29, 1.82) is 0 Å². The van der Waals surface area contributed by atoms with Crippen molar-refractivity contribution in [3.63, 3.8) is 0 Å². The number of piperidine rings is 3. The van der Waals surface area contributed by atoms with Gasteiger partial charge in [0.1, 0.15) is 0 Å². The van der Waals surface area contributed by atoms with E-state index >= 15 is 0 Å². The average Bonchev–Trinajstić information content (AvgIpc) is 2.84. The summed E-state index contributed by atoms with van der Waals surface area (Å²) in [5, 5.41) is 7.87. The van der Waals surface area contributed by atoms with E-state index in [4.69, 9.17) is 37.8 Å². The topological polar surface area (TPSA) is 87.1 Å². The zero-order chi connectivity index (χ0) is 21.6. The molecule has 2 amide bonds. The van der Waals surface area contributed by atoms with Crippen LogP contribution >= 0.6 is 23.2 Å². The Kier molecular flexibility index (Phi) is 5.72. The number of ether oxygens (including phenoxy) is 1. The van der Waals surface area contributed by atoms with Crippen LogP contribution in [0.4, 0.5) is 23.7 Å². The quantitative estimate of drug-likeness (QED) is 0.697. The molecule has 4 aliphatic heterocycles. The van der Waals surface area contributed by atoms with Crippen LogP contribution in [0.1, 0.15) is 12.8 Å². The van der Waals surface area contributed by atoms with Gasteiger partial charge in [0.15, 0.2) is 0 Å². The molecule has 1 N–H and O–H groups in total. The van der Waals surface area contributed by atoms with Crippen LogP contribution < -0.4 is 4.90 Å². The van der Waals surface area contributed by atoms with E-state index in [1.54, 1.807) is 18.2 Å². The van der Waals surface area contributed by atoms with Crippen LogP contribution in [0, 0.1) is 5.92 Å². The number of anilines is 1. The Hall–Kier alpha value is -2.04. The van der Waals surface area contributed by atoms with E-state index in [9.17, 15) is 22.8 Å². The smallest absolute Gasteiger partial charge is 0.475 e. The van der Waals surface area contributed by atoms with Crippen molar-refractivity contribution in [2.45, 2.75) is 24.6 Å². The second-order valence-electron chi connectivity index (χ2n) is 6.88. The lowest BCUT2D eigenvalue weighted by Gasteiger charge is -2.48. The second kappa shape index (κ2) is 7.66. The number of alkyl halides is 3. The molecule has 4 heterocycles. The van der Waals surface area contributed by atoms with Crippen molar-refractivity contribution in [2.24, 2.45) is 5.92 Å². The van der Waals surface area contributed by atoms with Crippen molar-refractivity contribution >= 4 is 46.9 Å². The lowest BCUT2D eigenvalue weighted by atomic mass is 9.75. The molecule has 0 aromatic heterocycles. The van der Waals surface area contributed by atoms with Gasteiger partial charge in [0.05, 0.1) is 5.69 Å². The molecule has 0 saturated carbocycles. The molecular formula is C17H15Cl2F3N2O5. The van der Waals surface area contributed by atoms with Crippen LogP contribution in [-0.4, -0.2) is 59.4 Å². The summed E-state index contributed by atoms with van der Waals surface area (Å²) in [6.07, 6.45) is -3.97. The predicted octanol–water partition coefficient (Wildman–Crippen LogP) is 3.57. The van der Waals surface area contributed by atoms with E-state index in [1.165, 1.54) is 0 Å². The van der Waals surface area contributed by atoms with Gasteiger partial charge in [0.25, 0.3) is 5.91 Å². The first kappa shape index (κ1) is 21.7. The Labute approximate surface area is 172 Å². The van der Waals surface area contributed by atoms with Crippen molar-refractivity contribution in [2.75, 3.05) is 24.5 Å². The third-order valence-corrected chi connectivity index (χ3v) is 5.51. The number of aliphatic carboxylic acids is 1. The fraction of sp³-hybridized carbons (Fsp3) is 0.471. The van der Waals surface area contributed by atoms with Gasteiger partial charge in [-0.1, -0.05) is 23.2 Å². The van der Waals surface area contributed by atoms with Crippen LogP contribution in [0.5, 0.6) is 0 Å². The number of halogens is 5. The number of hydrogen-bond acceptors (Lipinski definition) is 5. The molecule has 1 aromatic rings. The first-order valence-electron chi connectivity index (χ1n) is 8.50. The minimum Gasteiger partial charge on any atom is -0.475 e. The lowest BCUT2D eigenvalue weighted by molar-refractivity contribution is -0.192. The number of carbonyl (C=O) groups is 3. The molecule has 1 atom stereocenters. The Morgan fingerprint density at radius 1 is 1.14 bits per heavy atom. The van der Waals surface area contributed by atoms with Crippen LogP contribution in [-0.2, 0) is 14.3 Å². The molecule has 1 aromatic carbocycles. The van der Waals surface area contributed by atoms with Crippen molar-refractivity contribution < 1.29 is 37.4 Å². The zero-order valence-corrected chi connectivity index (χ0v) is 16.2. The second-order valence-corrected chi connectivity index (χ2v) is 7.75. The summed E-state index contributed by atoms with van der Waals surface area (Å²) in [7, 11) is 0. The highest BCUT2D eigenvalue weighted by Gasteiger charge is 2.62. The van der Waals surface area contributed by atoms with E-state index < -0.39 is 23.8 Å². The minimum atomic E-state index is -5.08. The highest BCUT2D eigenvalue weighted by Crippen LogP contribution is 2.44. The third-order valence-electron chi connectivity index (χ3n) is 5.07. The van der Waals surface area contributed by atoms with Crippen LogP contribution in [0.3, 0.4) is 0 Å². The van der Waals surface area contributed by atoms with Crippen LogP contribution in [0.2, 0.25) is 10.0 Å². The SMILES string of the molecule is O=C(O)C(F)(F)F.O=C1OC2(CN3CCC2CC3)C(=O)N1c1cc(Cl)cc(Cl)c1. The molecule has 1 unspecified atom stereocenters. The standard InChI is InChI=1S/C15H14Cl2N2O3.C2HF3O2/c16-10-5-11(17)7-12(6-10)19-13(20)15(22-14(19)21)8-18-3-1-9(15)2-4-18;3-2(4,5)1(6)7/h5-7,9H,1-4,8H2;(H,6,7). The van der Waals surface area contributed by atoms with E-state index in [1.807, 2.05) is 0 Å². The van der Waals surface area contributed by atoms with Gasteiger partial charge in [0, 0.05) is 22.5 Å². The molecule has 1 spiro atoms. The van der Waals surface area contributed by atoms with E-state index in [0.29, 0.717) is 22.3 Å². The number of hydrogen-bond donors (Lipinski definition) is 1. The molecule has 7 nitrogen and oxygen atoms in total. The van der Waals surface area contributed by atoms with E-state index in [0.717, 1.165) is 30.8 Å². The number of benzene rings is 1. The Morgan fingerprint density at radius 3 is 2.07 bits per heavy atom. The van der Waals surface area contributed by atoms with Gasteiger partial charge in [-0.3, -0.25) is 9.69 Å². The molecule has 29 heavy (non-hydrogen) atoms. The lowest BCUT2D eigenvalue weighted by Crippen LogP contribution is -2.63. The summed E-state index contributed by atoms with van der Waals surface area (Å²) in [5.41, 5.74) is -0.677. The monoisotopic (exact) mass is 454 g/mol. The summed E-state index contributed by atoms with van der Waals surface area (Å²) in [6, 6.07) is 4.66. The third kappa shape index (κ3) is 4.15. The average molecular weight is 455 g/mol. The highest BCUT2D eigenvalue weighted by atomic mass is 35.5. The summed E-state index contributed by atoms with van der Waals surface area (Å²) in [4.78, 5) is 37.5. The minimum absolute atomic E-state index is 0.0913. The first-order valence-corrected chi connectivity index (χ1v) is 9.26. The number of imide groups is 1. The van der Waals surface area contributed by atoms with Crippen molar-refractivity contribution in [3.8, 4) is 0 Å². The number of carboxylic acid groups (broad SMARTS) is 1. The summed E-state index contributed by atoms with van der Waals surface area (Å²) in [5.74, 6) is -2.97. The predicted molar refractivity (Wildman–Crippen MR) is 96.0 cm³/mol. The number of carbonyl (C=O) groups excluding carboxylic acids is 2. The molecule has 12 heteroatoms. The maximum Gasteiger partial charge on any atom is 0.490 e. The molecule has 158 valence electrons. The molecular weight excluding hydrogens is 440 g/mol. The highest BCUT2D eigenvalue weighted by molar-refractivity contribution is 6.35. The fourth-order valence-electron chi connectivity index (χ4n) is 3.78. The maximum atomic E-state index is 13.0. The molecule has 0 aliphatic carbocycles. The molecule has 5 rings (SSSR count). The summed E-state index contributed by atoms with van der Waals surface area (Å²) in [6.45, 7) is 2.40. The normalized spacial score (nSPS) is 28.2. The largest absolute Gasteiger partial charge is 0.490 e. The molecule has 2 bridgehead atoms. The van der Waals surface area contributed by atoms with Crippen molar-refractivity contribution in [1.82, 2.24) is 4.90 Å². The summed E-state index contributed by atoms with van der Waals surface area (Å²) >= 11 is 12.0. The van der Waals surface area contributed by atoms with Gasteiger partial charge in [-0.2, -0.15) is 13.2 Å². The molecule has 4 aliphatic rings. The zero-order valence-electron chi connectivity index (χ0n) is 14.7. The van der Waals surface area contributed by atoms with Crippen molar-refractivity contribution in [3.05, 3.63) is 28.2 Å². The first-order chi connectivity index (χ1) is 13.4.